The van der Waals surface area contributed by atoms with Crippen molar-refractivity contribution >= 4 is 17.5 Å². The molecule has 0 saturated heterocycles. The summed E-state index contributed by atoms with van der Waals surface area (Å²) in [6, 6.07) is 13.9. The number of hydrogen-bond acceptors (Lipinski definition) is 2. The normalized spacial score (nSPS) is 14.5. The summed E-state index contributed by atoms with van der Waals surface area (Å²) < 4.78 is 13.9. The van der Waals surface area contributed by atoms with Crippen LogP contribution in [-0.2, 0) is 11.3 Å². The highest BCUT2D eigenvalue weighted by Gasteiger charge is 2.35. The standard InChI is InChI=1S/C20H22FN3O2/c1-22-20(26)14-6-8-16(9-7-14)23-19(25)13-24(17-10-11-17)12-15-4-2-3-5-18(15)21/h2-9,17H,10-13H2,1H3,(H,22,26)(H,23,25)/p+1. The second-order valence-electron chi connectivity index (χ2n) is 6.58. The van der Waals surface area contributed by atoms with Crippen molar-refractivity contribution in [2.45, 2.75) is 25.4 Å². The molecule has 26 heavy (non-hydrogen) atoms. The van der Waals surface area contributed by atoms with E-state index in [0.29, 0.717) is 29.4 Å². The molecular formula is C20H23FN3O2+. The Morgan fingerprint density at radius 2 is 1.81 bits per heavy atom. The predicted molar refractivity (Wildman–Crippen MR) is 97.4 cm³/mol. The van der Waals surface area contributed by atoms with Crippen molar-refractivity contribution in [1.29, 1.82) is 0 Å². The monoisotopic (exact) mass is 356 g/mol. The number of anilines is 1. The van der Waals surface area contributed by atoms with Crippen LogP contribution in [0.25, 0.3) is 0 Å². The lowest BCUT2D eigenvalue weighted by atomic mass is 10.2. The van der Waals surface area contributed by atoms with Gasteiger partial charge in [0, 0.05) is 36.7 Å². The molecule has 1 aliphatic rings. The number of carbonyl (C=O) groups excluding carboxylic acids is 2. The van der Waals surface area contributed by atoms with Gasteiger partial charge in [-0.25, -0.2) is 4.39 Å². The summed E-state index contributed by atoms with van der Waals surface area (Å²) >= 11 is 0. The number of amides is 2. The topological polar surface area (TPSA) is 62.6 Å². The molecule has 0 aromatic heterocycles. The molecule has 0 bridgehead atoms. The number of halogens is 1. The van der Waals surface area contributed by atoms with E-state index >= 15 is 0 Å². The Morgan fingerprint density at radius 3 is 2.42 bits per heavy atom. The van der Waals surface area contributed by atoms with Crippen LogP contribution in [0.5, 0.6) is 0 Å². The number of carbonyl (C=O) groups is 2. The Labute approximate surface area is 152 Å². The van der Waals surface area contributed by atoms with E-state index < -0.39 is 0 Å². The molecule has 0 spiro atoms. The molecule has 2 amide bonds. The lowest BCUT2D eigenvalue weighted by Crippen LogP contribution is -3.13. The molecule has 3 rings (SSSR count). The Kier molecular flexibility index (Phi) is 5.63. The van der Waals surface area contributed by atoms with E-state index in [0.717, 1.165) is 17.7 Å². The van der Waals surface area contributed by atoms with Crippen molar-refractivity contribution in [1.82, 2.24) is 5.32 Å². The van der Waals surface area contributed by atoms with Gasteiger partial charge in [0.15, 0.2) is 6.54 Å². The molecule has 5 nitrogen and oxygen atoms in total. The first-order chi connectivity index (χ1) is 12.6. The zero-order valence-electron chi connectivity index (χ0n) is 14.7. The molecule has 1 saturated carbocycles. The first-order valence-electron chi connectivity index (χ1n) is 8.77. The highest BCUT2D eigenvalue weighted by molar-refractivity contribution is 5.95. The maximum absolute atomic E-state index is 13.9. The summed E-state index contributed by atoms with van der Waals surface area (Å²) in [5, 5.41) is 5.41. The van der Waals surface area contributed by atoms with Crippen molar-refractivity contribution < 1.29 is 18.9 Å². The van der Waals surface area contributed by atoms with Crippen molar-refractivity contribution in [3.05, 3.63) is 65.5 Å². The lowest BCUT2D eigenvalue weighted by molar-refractivity contribution is -0.917. The van der Waals surface area contributed by atoms with Gasteiger partial charge in [0.25, 0.3) is 11.8 Å². The molecule has 136 valence electrons. The summed E-state index contributed by atoms with van der Waals surface area (Å²) in [7, 11) is 1.57. The van der Waals surface area contributed by atoms with Crippen molar-refractivity contribution in [2.24, 2.45) is 0 Å². The van der Waals surface area contributed by atoms with Gasteiger partial charge in [-0.05, 0) is 30.3 Å². The molecule has 1 atom stereocenters. The molecule has 3 N–H and O–H groups in total. The van der Waals surface area contributed by atoms with Crippen molar-refractivity contribution in [3.8, 4) is 0 Å². The van der Waals surface area contributed by atoms with E-state index in [-0.39, 0.29) is 24.2 Å². The van der Waals surface area contributed by atoms with Crippen LogP contribution in [0.2, 0.25) is 0 Å². The first kappa shape index (κ1) is 18.1. The van der Waals surface area contributed by atoms with Gasteiger partial charge >= 0.3 is 0 Å². The average molecular weight is 356 g/mol. The Balaban J connectivity index is 1.60. The van der Waals surface area contributed by atoms with E-state index in [1.54, 1.807) is 43.4 Å². The van der Waals surface area contributed by atoms with Gasteiger partial charge in [-0.15, -0.1) is 0 Å². The average Bonchev–Trinajstić information content (AvgIpc) is 3.48. The zero-order valence-corrected chi connectivity index (χ0v) is 14.7. The number of nitrogens with one attached hydrogen (secondary N) is 3. The third kappa shape index (κ3) is 4.67. The van der Waals surface area contributed by atoms with Gasteiger partial charge in [-0.3, -0.25) is 9.59 Å². The van der Waals surface area contributed by atoms with Gasteiger partial charge < -0.3 is 15.5 Å². The molecule has 1 aliphatic carbocycles. The molecule has 2 aromatic carbocycles. The number of rotatable bonds is 7. The Bertz CT molecular complexity index is 788. The Hall–Kier alpha value is -2.73. The van der Waals surface area contributed by atoms with Crippen molar-refractivity contribution in [3.63, 3.8) is 0 Å². The van der Waals surface area contributed by atoms with Crippen LogP contribution in [-0.4, -0.2) is 31.4 Å². The van der Waals surface area contributed by atoms with Crippen LogP contribution < -0.4 is 15.5 Å². The summed E-state index contributed by atoms with van der Waals surface area (Å²) in [5.74, 6) is -0.510. The van der Waals surface area contributed by atoms with E-state index in [9.17, 15) is 14.0 Å². The molecule has 0 heterocycles. The fourth-order valence-electron chi connectivity index (χ4n) is 2.99. The summed E-state index contributed by atoms with van der Waals surface area (Å²) in [5.41, 5.74) is 1.82. The zero-order chi connectivity index (χ0) is 18.5. The SMILES string of the molecule is CNC(=O)c1ccc(NC(=O)C[NH+](Cc2ccccc2F)C2CC2)cc1. The molecule has 1 fully saturated rings. The lowest BCUT2D eigenvalue weighted by Gasteiger charge is -2.19. The minimum Gasteiger partial charge on any atom is -0.355 e. The third-order valence-corrected chi connectivity index (χ3v) is 4.58. The minimum absolute atomic E-state index is 0.115. The molecule has 0 radical (unpaired) electrons. The maximum atomic E-state index is 13.9. The first-order valence-corrected chi connectivity index (χ1v) is 8.77. The van der Waals surface area contributed by atoms with E-state index in [1.807, 2.05) is 6.07 Å². The summed E-state index contributed by atoms with van der Waals surface area (Å²) in [6.07, 6.45) is 2.13. The highest BCUT2D eigenvalue weighted by atomic mass is 19.1. The van der Waals surface area contributed by atoms with E-state index in [4.69, 9.17) is 0 Å². The molecule has 1 unspecified atom stereocenters. The van der Waals surface area contributed by atoms with Gasteiger partial charge in [-0.1, -0.05) is 18.2 Å². The van der Waals surface area contributed by atoms with E-state index in [1.165, 1.54) is 6.07 Å². The number of hydrogen-bond donors (Lipinski definition) is 3. The highest BCUT2D eigenvalue weighted by Crippen LogP contribution is 2.16. The second-order valence-corrected chi connectivity index (χ2v) is 6.58. The molecule has 6 heteroatoms. The molecule has 0 aliphatic heterocycles. The molecular weight excluding hydrogens is 333 g/mol. The molecule has 2 aromatic rings. The summed E-state index contributed by atoms with van der Waals surface area (Å²) in [4.78, 5) is 25.0. The predicted octanol–water partition coefficient (Wildman–Crippen LogP) is 1.37. The van der Waals surface area contributed by atoms with Crippen LogP contribution in [0.1, 0.15) is 28.8 Å². The third-order valence-electron chi connectivity index (χ3n) is 4.58. The van der Waals surface area contributed by atoms with Gasteiger partial charge in [0.1, 0.15) is 12.4 Å². The van der Waals surface area contributed by atoms with Crippen LogP contribution in [0.4, 0.5) is 10.1 Å². The smallest absolute Gasteiger partial charge is 0.279 e. The summed E-state index contributed by atoms with van der Waals surface area (Å²) in [6.45, 7) is 0.788. The van der Waals surface area contributed by atoms with Crippen LogP contribution in [0, 0.1) is 5.82 Å². The maximum Gasteiger partial charge on any atom is 0.279 e. The number of benzene rings is 2. The number of quaternary nitrogens is 1. The second kappa shape index (κ2) is 8.10. The van der Waals surface area contributed by atoms with E-state index in [2.05, 4.69) is 10.6 Å². The fraction of sp³-hybridized carbons (Fsp3) is 0.300. The van der Waals surface area contributed by atoms with Gasteiger partial charge in [0.2, 0.25) is 0 Å². The largest absolute Gasteiger partial charge is 0.355 e. The van der Waals surface area contributed by atoms with Gasteiger partial charge in [0.05, 0.1) is 6.04 Å². The fourth-order valence-corrected chi connectivity index (χ4v) is 2.99. The van der Waals surface area contributed by atoms with Crippen LogP contribution in [0.15, 0.2) is 48.5 Å². The minimum atomic E-state index is -0.226. The Morgan fingerprint density at radius 1 is 1.12 bits per heavy atom. The van der Waals surface area contributed by atoms with Crippen LogP contribution >= 0.6 is 0 Å². The quantitative estimate of drug-likeness (QED) is 0.702. The van der Waals surface area contributed by atoms with Crippen LogP contribution in [0.3, 0.4) is 0 Å². The van der Waals surface area contributed by atoms with Crippen molar-refractivity contribution in [2.75, 3.05) is 18.9 Å². The van der Waals surface area contributed by atoms with Gasteiger partial charge in [-0.2, -0.15) is 0 Å².